The number of benzene rings is 1. The Morgan fingerprint density at radius 2 is 1.58 bits per heavy atom. The third-order valence-corrected chi connectivity index (χ3v) is 4.92. The van der Waals surface area contributed by atoms with Crippen LogP contribution in [-0.4, -0.2) is 53.5 Å². The standard InChI is InChI=1S/C18H22ClN3O4/c1-11(14(23)20-8-9-21-17(26)18(2,3)10-19)22-15(24)12-6-4-5-7-13(12)16(22)25/h4-7,11H,8-10H2,1-3H3,(H,20,23)(H,21,26). The van der Waals surface area contributed by atoms with E-state index in [1.807, 2.05) is 0 Å². The maximum absolute atomic E-state index is 12.4. The lowest BCUT2D eigenvalue weighted by atomic mass is 9.95. The van der Waals surface area contributed by atoms with Crippen LogP contribution in [0.5, 0.6) is 0 Å². The van der Waals surface area contributed by atoms with Crippen LogP contribution in [0.1, 0.15) is 41.5 Å². The maximum Gasteiger partial charge on any atom is 0.262 e. The highest BCUT2D eigenvalue weighted by atomic mass is 35.5. The zero-order valence-electron chi connectivity index (χ0n) is 15.0. The highest BCUT2D eigenvalue weighted by Gasteiger charge is 2.40. The van der Waals surface area contributed by atoms with Gasteiger partial charge in [-0.05, 0) is 32.9 Å². The van der Waals surface area contributed by atoms with Gasteiger partial charge in [0, 0.05) is 19.0 Å². The number of alkyl halides is 1. The Morgan fingerprint density at radius 3 is 2.08 bits per heavy atom. The lowest BCUT2D eigenvalue weighted by Crippen LogP contribution is -2.49. The minimum atomic E-state index is -0.947. The summed E-state index contributed by atoms with van der Waals surface area (Å²) in [6, 6.07) is 5.52. The van der Waals surface area contributed by atoms with Gasteiger partial charge in [0.25, 0.3) is 11.8 Å². The smallest absolute Gasteiger partial charge is 0.262 e. The van der Waals surface area contributed by atoms with E-state index in [1.54, 1.807) is 38.1 Å². The van der Waals surface area contributed by atoms with Crippen LogP contribution in [0.4, 0.5) is 0 Å². The summed E-state index contributed by atoms with van der Waals surface area (Å²) in [5, 5.41) is 5.30. The number of rotatable bonds is 7. The Kier molecular flexibility index (Phi) is 6.02. The number of carbonyl (C=O) groups excluding carboxylic acids is 4. The number of fused-ring (bicyclic) bond motifs is 1. The molecule has 1 aromatic rings. The minimum absolute atomic E-state index is 0.177. The predicted octanol–water partition coefficient (Wildman–Crippen LogP) is 1.17. The van der Waals surface area contributed by atoms with Gasteiger partial charge < -0.3 is 10.6 Å². The monoisotopic (exact) mass is 379 g/mol. The van der Waals surface area contributed by atoms with Gasteiger partial charge in [-0.15, -0.1) is 11.6 Å². The number of hydrogen-bond donors (Lipinski definition) is 2. The van der Waals surface area contributed by atoms with Gasteiger partial charge in [0.2, 0.25) is 11.8 Å². The molecule has 0 fully saturated rings. The molecular weight excluding hydrogens is 358 g/mol. The van der Waals surface area contributed by atoms with Crippen molar-refractivity contribution in [2.75, 3.05) is 19.0 Å². The normalized spacial score (nSPS) is 14.8. The van der Waals surface area contributed by atoms with E-state index in [4.69, 9.17) is 11.6 Å². The van der Waals surface area contributed by atoms with Crippen molar-refractivity contribution in [2.24, 2.45) is 5.41 Å². The zero-order chi connectivity index (χ0) is 19.5. The van der Waals surface area contributed by atoms with Crippen LogP contribution in [0.3, 0.4) is 0 Å². The van der Waals surface area contributed by atoms with E-state index in [-0.39, 0.29) is 24.9 Å². The van der Waals surface area contributed by atoms with Gasteiger partial charge in [-0.25, -0.2) is 0 Å². The number of nitrogens with one attached hydrogen (secondary N) is 2. The molecule has 0 saturated heterocycles. The second-order valence-electron chi connectivity index (χ2n) is 6.77. The quantitative estimate of drug-likeness (QED) is 0.422. The zero-order valence-corrected chi connectivity index (χ0v) is 15.7. The van der Waals surface area contributed by atoms with Gasteiger partial charge in [-0.3, -0.25) is 24.1 Å². The Hall–Kier alpha value is -2.41. The molecule has 1 aromatic carbocycles. The molecule has 0 aromatic heterocycles. The fraction of sp³-hybridized carbons (Fsp3) is 0.444. The van der Waals surface area contributed by atoms with Gasteiger partial charge in [0.05, 0.1) is 16.5 Å². The van der Waals surface area contributed by atoms with Gasteiger partial charge in [-0.1, -0.05) is 12.1 Å². The summed E-state index contributed by atoms with van der Waals surface area (Å²) in [4.78, 5) is 49.9. The summed E-state index contributed by atoms with van der Waals surface area (Å²) >= 11 is 5.73. The molecule has 2 N–H and O–H groups in total. The third kappa shape index (κ3) is 3.88. The van der Waals surface area contributed by atoms with Crippen LogP contribution in [0.15, 0.2) is 24.3 Å². The fourth-order valence-electron chi connectivity index (χ4n) is 2.49. The van der Waals surface area contributed by atoms with Crippen molar-refractivity contribution >= 4 is 35.2 Å². The molecule has 0 bridgehead atoms. The third-order valence-electron chi connectivity index (χ3n) is 4.25. The first-order chi connectivity index (χ1) is 12.2. The Balaban J connectivity index is 1.88. The summed E-state index contributed by atoms with van der Waals surface area (Å²) in [5.74, 6) is -1.46. The van der Waals surface area contributed by atoms with E-state index in [2.05, 4.69) is 10.6 Å². The van der Waals surface area contributed by atoms with Crippen molar-refractivity contribution in [2.45, 2.75) is 26.8 Å². The molecule has 140 valence electrons. The van der Waals surface area contributed by atoms with Crippen LogP contribution in [0.2, 0.25) is 0 Å². The highest BCUT2D eigenvalue weighted by molar-refractivity contribution is 6.22. The molecule has 26 heavy (non-hydrogen) atoms. The number of carbonyl (C=O) groups is 4. The number of hydrogen-bond acceptors (Lipinski definition) is 4. The van der Waals surface area contributed by atoms with Crippen molar-refractivity contribution in [1.29, 1.82) is 0 Å². The van der Waals surface area contributed by atoms with Crippen LogP contribution in [0.25, 0.3) is 0 Å². The molecule has 1 atom stereocenters. The molecule has 1 unspecified atom stereocenters. The first kappa shape index (κ1) is 19.9. The van der Waals surface area contributed by atoms with Gasteiger partial charge in [-0.2, -0.15) is 0 Å². The lowest BCUT2D eigenvalue weighted by molar-refractivity contribution is -0.128. The lowest BCUT2D eigenvalue weighted by Gasteiger charge is -2.22. The van der Waals surface area contributed by atoms with E-state index < -0.39 is 29.2 Å². The van der Waals surface area contributed by atoms with Gasteiger partial charge >= 0.3 is 0 Å². The van der Waals surface area contributed by atoms with Crippen LogP contribution in [-0.2, 0) is 9.59 Å². The van der Waals surface area contributed by atoms with E-state index in [9.17, 15) is 19.2 Å². The molecule has 8 heteroatoms. The largest absolute Gasteiger partial charge is 0.354 e. The summed E-state index contributed by atoms with van der Waals surface area (Å²) in [5.41, 5.74) is -0.0978. The topological polar surface area (TPSA) is 95.6 Å². The maximum atomic E-state index is 12.4. The molecule has 0 radical (unpaired) electrons. The average molecular weight is 380 g/mol. The van der Waals surface area contributed by atoms with Crippen molar-refractivity contribution < 1.29 is 19.2 Å². The van der Waals surface area contributed by atoms with Gasteiger partial charge in [0.15, 0.2) is 0 Å². The van der Waals surface area contributed by atoms with Crippen molar-refractivity contribution in [1.82, 2.24) is 15.5 Å². The molecule has 1 aliphatic rings. The van der Waals surface area contributed by atoms with Crippen molar-refractivity contribution in [3.63, 3.8) is 0 Å². The number of nitrogens with zero attached hydrogens (tertiary/aromatic N) is 1. The Bertz CT molecular complexity index is 713. The Morgan fingerprint density at radius 1 is 1.08 bits per heavy atom. The highest BCUT2D eigenvalue weighted by Crippen LogP contribution is 2.24. The van der Waals surface area contributed by atoms with Crippen LogP contribution < -0.4 is 10.6 Å². The summed E-state index contributed by atoms with van der Waals surface area (Å²) < 4.78 is 0. The molecule has 1 aliphatic heterocycles. The first-order valence-electron chi connectivity index (χ1n) is 8.29. The second-order valence-corrected chi connectivity index (χ2v) is 7.03. The first-order valence-corrected chi connectivity index (χ1v) is 8.83. The molecule has 0 saturated carbocycles. The predicted molar refractivity (Wildman–Crippen MR) is 96.9 cm³/mol. The number of amides is 4. The van der Waals surface area contributed by atoms with Crippen LogP contribution in [0, 0.1) is 5.41 Å². The number of halogens is 1. The molecule has 0 spiro atoms. The SMILES string of the molecule is CC(C(=O)NCCNC(=O)C(C)(C)CCl)N1C(=O)c2ccccc2C1=O. The molecule has 1 heterocycles. The second kappa shape index (κ2) is 7.86. The van der Waals surface area contributed by atoms with Crippen LogP contribution >= 0.6 is 11.6 Å². The van der Waals surface area contributed by atoms with Crippen molar-refractivity contribution in [3.05, 3.63) is 35.4 Å². The van der Waals surface area contributed by atoms with E-state index in [0.29, 0.717) is 11.1 Å². The summed E-state index contributed by atoms with van der Waals surface area (Å²) in [6.07, 6.45) is 0. The van der Waals surface area contributed by atoms with E-state index in [1.165, 1.54) is 6.92 Å². The Labute approximate surface area is 157 Å². The molecule has 7 nitrogen and oxygen atoms in total. The van der Waals surface area contributed by atoms with Crippen molar-refractivity contribution in [3.8, 4) is 0 Å². The molecule has 0 aliphatic carbocycles. The summed E-state index contributed by atoms with van der Waals surface area (Å²) in [6.45, 7) is 5.33. The molecule has 4 amide bonds. The van der Waals surface area contributed by atoms with E-state index in [0.717, 1.165) is 4.90 Å². The minimum Gasteiger partial charge on any atom is -0.354 e. The summed E-state index contributed by atoms with van der Waals surface area (Å²) in [7, 11) is 0. The average Bonchev–Trinajstić information content (AvgIpc) is 2.88. The number of imide groups is 1. The molecular formula is C18H22ClN3O4. The fourth-order valence-corrected chi connectivity index (χ4v) is 2.61. The van der Waals surface area contributed by atoms with Gasteiger partial charge in [0.1, 0.15) is 6.04 Å². The van der Waals surface area contributed by atoms with E-state index >= 15 is 0 Å². The molecule has 2 rings (SSSR count).